The first kappa shape index (κ1) is 14.0. The number of nitrogens with one attached hydrogen (secondary N) is 1. The molecule has 2 N–H and O–H groups in total. The van der Waals surface area contributed by atoms with Crippen LogP contribution >= 0.6 is 0 Å². The Bertz CT molecular complexity index is 602. The lowest BCUT2D eigenvalue weighted by molar-refractivity contribution is -0.153. The monoisotopic (exact) mass is 298 g/mol. The third-order valence-corrected chi connectivity index (χ3v) is 5.36. The average Bonchev–Trinajstić information content (AvgIpc) is 3.04. The van der Waals surface area contributed by atoms with Crippen LogP contribution in [0.4, 0.5) is 0 Å². The Balaban J connectivity index is 1.57. The second-order valence-corrected chi connectivity index (χ2v) is 6.52. The summed E-state index contributed by atoms with van der Waals surface area (Å²) in [5.74, 6) is 0.354. The van der Waals surface area contributed by atoms with E-state index in [-0.39, 0.29) is 30.5 Å². The highest BCUT2D eigenvalue weighted by molar-refractivity contribution is 5.81. The maximum Gasteiger partial charge on any atom is 0.237 e. The van der Waals surface area contributed by atoms with Gasteiger partial charge < -0.3 is 15.3 Å². The molecule has 2 saturated heterocycles. The van der Waals surface area contributed by atoms with Crippen LogP contribution in [0.3, 0.4) is 0 Å². The molecule has 22 heavy (non-hydrogen) atoms. The molecule has 1 aliphatic carbocycles. The molecule has 0 spiro atoms. The van der Waals surface area contributed by atoms with Crippen molar-refractivity contribution in [2.45, 2.75) is 37.3 Å². The van der Waals surface area contributed by atoms with E-state index in [0.717, 1.165) is 6.54 Å². The fourth-order valence-electron chi connectivity index (χ4n) is 4.26. The average molecular weight is 298 g/mol. The third-order valence-electron chi connectivity index (χ3n) is 5.36. The molecule has 2 fully saturated rings. The molecule has 1 aromatic rings. The zero-order valence-corrected chi connectivity index (χ0v) is 12.7. The van der Waals surface area contributed by atoms with Crippen LogP contribution in [0, 0.1) is 0 Å². The van der Waals surface area contributed by atoms with Gasteiger partial charge in [0.15, 0.2) is 0 Å². The maximum absolute atomic E-state index is 12.0. The van der Waals surface area contributed by atoms with Gasteiger partial charge in [-0.1, -0.05) is 30.3 Å². The SMILES string of the molecule is O=C1CNC[C@H]2[C@H](c3ccc(C4=CCCC4)cc3)[C@@H](CO)N12. The van der Waals surface area contributed by atoms with E-state index >= 15 is 0 Å². The molecule has 0 radical (unpaired) electrons. The lowest BCUT2D eigenvalue weighted by Crippen LogP contribution is -2.72. The van der Waals surface area contributed by atoms with Crippen LogP contribution in [-0.4, -0.2) is 47.7 Å². The highest BCUT2D eigenvalue weighted by atomic mass is 16.3. The van der Waals surface area contributed by atoms with Crippen LogP contribution < -0.4 is 5.32 Å². The van der Waals surface area contributed by atoms with E-state index in [1.165, 1.54) is 36.0 Å². The van der Waals surface area contributed by atoms with Gasteiger partial charge in [0.1, 0.15) is 0 Å². The number of nitrogens with zero attached hydrogens (tertiary/aromatic N) is 1. The number of aliphatic hydroxyl groups is 1. The Morgan fingerprint density at radius 2 is 2.09 bits per heavy atom. The molecule has 0 aromatic heterocycles. The van der Waals surface area contributed by atoms with E-state index in [1.807, 2.05) is 4.90 Å². The van der Waals surface area contributed by atoms with E-state index in [1.54, 1.807) is 0 Å². The van der Waals surface area contributed by atoms with Gasteiger partial charge in [-0.2, -0.15) is 0 Å². The number of allylic oxidation sites excluding steroid dienone is 2. The molecule has 2 heterocycles. The Morgan fingerprint density at radius 3 is 2.77 bits per heavy atom. The molecule has 0 unspecified atom stereocenters. The molecular formula is C18H22N2O2. The maximum atomic E-state index is 12.0. The van der Waals surface area contributed by atoms with E-state index in [4.69, 9.17) is 0 Å². The van der Waals surface area contributed by atoms with E-state index in [9.17, 15) is 9.90 Å². The van der Waals surface area contributed by atoms with E-state index in [0.29, 0.717) is 6.54 Å². The van der Waals surface area contributed by atoms with Gasteiger partial charge in [0, 0.05) is 12.5 Å². The summed E-state index contributed by atoms with van der Waals surface area (Å²) >= 11 is 0. The number of fused-ring (bicyclic) bond motifs is 1. The van der Waals surface area contributed by atoms with Crippen molar-refractivity contribution in [2.75, 3.05) is 19.7 Å². The number of carbonyl (C=O) groups is 1. The predicted molar refractivity (Wildman–Crippen MR) is 85.4 cm³/mol. The minimum atomic E-state index is -0.0591. The Hall–Kier alpha value is -1.65. The number of piperazine rings is 1. The first-order chi connectivity index (χ1) is 10.8. The quantitative estimate of drug-likeness (QED) is 0.889. The third kappa shape index (κ3) is 2.09. The summed E-state index contributed by atoms with van der Waals surface area (Å²) in [5, 5.41) is 12.9. The van der Waals surface area contributed by atoms with Crippen LogP contribution in [0.2, 0.25) is 0 Å². The van der Waals surface area contributed by atoms with Crippen LogP contribution in [0.5, 0.6) is 0 Å². The lowest BCUT2D eigenvalue weighted by atomic mass is 9.74. The largest absolute Gasteiger partial charge is 0.394 e. The summed E-state index contributed by atoms with van der Waals surface area (Å²) in [7, 11) is 0. The number of benzene rings is 1. The summed E-state index contributed by atoms with van der Waals surface area (Å²) in [6.07, 6.45) is 5.96. The zero-order chi connectivity index (χ0) is 15.1. The molecule has 4 rings (SSSR count). The van der Waals surface area contributed by atoms with Crippen LogP contribution in [0.25, 0.3) is 5.57 Å². The minimum absolute atomic E-state index is 0.0415. The highest BCUT2D eigenvalue weighted by Gasteiger charge is 2.52. The van der Waals surface area contributed by atoms with Crippen LogP contribution in [-0.2, 0) is 4.79 Å². The molecule has 2 aliphatic heterocycles. The Labute approximate surface area is 130 Å². The first-order valence-electron chi connectivity index (χ1n) is 8.21. The summed E-state index contributed by atoms with van der Waals surface area (Å²) < 4.78 is 0. The number of rotatable bonds is 3. The Morgan fingerprint density at radius 1 is 1.27 bits per heavy atom. The van der Waals surface area contributed by atoms with Gasteiger partial charge in [-0.3, -0.25) is 4.79 Å². The van der Waals surface area contributed by atoms with Crippen molar-refractivity contribution in [1.29, 1.82) is 0 Å². The Kier molecular flexibility index (Phi) is 3.51. The number of amides is 1. The number of hydrogen-bond acceptors (Lipinski definition) is 3. The smallest absolute Gasteiger partial charge is 0.237 e. The van der Waals surface area contributed by atoms with Gasteiger partial charge in [0.2, 0.25) is 5.91 Å². The van der Waals surface area contributed by atoms with Crippen LogP contribution in [0.15, 0.2) is 30.3 Å². The molecular weight excluding hydrogens is 276 g/mol. The van der Waals surface area contributed by atoms with Gasteiger partial charge in [0.05, 0.1) is 25.2 Å². The fourth-order valence-corrected chi connectivity index (χ4v) is 4.26. The van der Waals surface area contributed by atoms with Crippen molar-refractivity contribution < 1.29 is 9.90 Å². The van der Waals surface area contributed by atoms with Gasteiger partial charge in [-0.05, 0) is 36.0 Å². The molecule has 1 aromatic carbocycles. The summed E-state index contributed by atoms with van der Waals surface area (Å²) in [6.45, 7) is 1.26. The molecule has 0 saturated carbocycles. The van der Waals surface area contributed by atoms with Crippen molar-refractivity contribution in [2.24, 2.45) is 0 Å². The van der Waals surface area contributed by atoms with Crippen molar-refractivity contribution in [3.8, 4) is 0 Å². The molecule has 4 heteroatoms. The van der Waals surface area contributed by atoms with Gasteiger partial charge in [-0.15, -0.1) is 0 Å². The molecule has 116 valence electrons. The number of hydrogen-bond donors (Lipinski definition) is 2. The summed E-state index contributed by atoms with van der Waals surface area (Å²) in [6, 6.07) is 8.88. The molecule has 3 atom stereocenters. The van der Waals surface area contributed by atoms with Gasteiger partial charge in [-0.25, -0.2) is 0 Å². The van der Waals surface area contributed by atoms with Gasteiger partial charge in [0.25, 0.3) is 0 Å². The van der Waals surface area contributed by atoms with Crippen LogP contribution in [0.1, 0.15) is 36.3 Å². The summed E-state index contributed by atoms with van der Waals surface area (Å²) in [5.41, 5.74) is 4.00. The topological polar surface area (TPSA) is 52.6 Å². The molecule has 4 nitrogen and oxygen atoms in total. The van der Waals surface area contributed by atoms with E-state index in [2.05, 4.69) is 35.7 Å². The summed E-state index contributed by atoms with van der Waals surface area (Å²) in [4.78, 5) is 13.8. The second kappa shape index (κ2) is 5.52. The van der Waals surface area contributed by atoms with E-state index < -0.39 is 0 Å². The zero-order valence-electron chi connectivity index (χ0n) is 12.7. The minimum Gasteiger partial charge on any atom is -0.394 e. The predicted octanol–water partition coefficient (Wildman–Crippen LogP) is 1.51. The molecule has 0 bridgehead atoms. The molecule has 3 aliphatic rings. The standard InChI is InChI=1S/C18H22N2O2/c21-11-16-18(15-9-19-10-17(22)20(15)16)14-7-5-13(6-8-14)12-3-1-2-4-12/h3,5-8,15-16,18-19,21H,1-2,4,9-11H2/t15-,16+,18-/m0/s1. The number of carbonyl (C=O) groups excluding carboxylic acids is 1. The van der Waals surface area contributed by atoms with Gasteiger partial charge >= 0.3 is 0 Å². The number of aliphatic hydroxyl groups excluding tert-OH is 1. The first-order valence-corrected chi connectivity index (χ1v) is 8.21. The molecule has 1 amide bonds. The fraction of sp³-hybridized carbons (Fsp3) is 0.500. The highest BCUT2D eigenvalue weighted by Crippen LogP contribution is 2.41. The van der Waals surface area contributed by atoms with Crippen molar-refractivity contribution >= 4 is 11.5 Å². The normalized spacial score (nSPS) is 30.8. The van der Waals surface area contributed by atoms with Crippen molar-refractivity contribution in [1.82, 2.24) is 10.2 Å². The van der Waals surface area contributed by atoms with Crippen molar-refractivity contribution in [3.63, 3.8) is 0 Å². The van der Waals surface area contributed by atoms with Crippen molar-refractivity contribution in [3.05, 3.63) is 41.5 Å². The lowest BCUT2D eigenvalue weighted by Gasteiger charge is -2.57. The second-order valence-electron chi connectivity index (χ2n) is 6.52.